The molecule has 2 N–H and O–H groups in total. The molecule has 1 aliphatic carbocycles. The van der Waals surface area contributed by atoms with Crippen molar-refractivity contribution in [3.05, 3.63) is 52.5 Å². The van der Waals surface area contributed by atoms with Gasteiger partial charge in [0, 0.05) is 27.7 Å². The van der Waals surface area contributed by atoms with Gasteiger partial charge < -0.3 is 25.0 Å². The molecule has 1 heterocycles. The summed E-state index contributed by atoms with van der Waals surface area (Å²) in [5, 5.41) is 6.14. The molecule has 2 aromatic carbocycles. The Balaban J connectivity index is 0.00000289. The number of nitrogens with one attached hydrogen (secondary N) is 2. The van der Waals surface area contributed by atoms with Crippen molar-refractivity contribution in [2.24, 2.45) is 0 Å². The highest BCUT2D eigenvalue weighted by Crippen LogP contribution is 2.49. The van der Waals surface area contributed by atoms with E-state index < -0.39 is 0 Å². The standard InChI is InChI=1S/C24H30BrN3O3.ClH/c1-28-12-11-24(16-7-8-20(30-2)21(13-16)31-3)10-9-19(15-22(24)28)27-23(29)26-18-6-4-5-17(25)14-18;/h4-8,13-14,19,22H,9-12,15H2,1-3H3,(H2,26,27,29);1H. The van der Waals surface area contributed by atoms with E-state index >= 15 is 0 Å². The zero-order valence-corrected chi connectivity index (χ0v) is 21.1. The minimum Gasteiger partial charge on any atom is -0.493 e. The first-order chi connectivity index (χ1) is 14.9. The molecule has 32 heavy (non-hydrogen) atoms. The second-order valence-corrected chi connectivity index (χ2v) is 9.47. The zero-order valence-electron chi connectivity index (χ0n) is 18.7. The summed E-state index contributed by atoms with van der Waals surface area (Å²) in [6.07, 6.45) is 4.02. The average molecular weight is 525 g/mol. The van der Waals surface area contributed by atoms with Gasteiger partial charge in [-0.05, 0) is 75.2 Å². The topological polar surface area (TPSA) is 62.8 Å². The Labute approximate surface area is 204 Å². The number of methoxy groups -OCH3 is 2. The maximum absolute atomic E-state index is 12.6. The summed E-state index contributed by atoms with van der Waals surface area (Å²) in [5.74, 6) is 1.53. The van der Waals surface area contributed by atoms with Crippen LogP contribution in [-0.2, 0) is 5.41 Å². The Hall–Kier alpha value is -1.96. The van der Waals surface area contributed by atoms with Crippen molar-refractivity contribution in [3.8, 4) is 11.5 Å². The summed E-state index contributed by atoms with van der Waals surface area (Å²) >= 11 is 3.44. The highest BCUT2D eigenvalue weighted by molar-refractivity contribution is 9.10. The van der Waals surface area contributed by atoms with Gasteiger partial charge in [0.05, 0.1) is 14.2 Å². The van der Waals surface area contributed by atoms with Gasteiger partial charge in [0.2, 0.25) is 0 Å². The smallest absolute Gasteiger partial charge is 0.319 e. The number of likely N-dealkylation sites (tertiary alicyclic amines) is 1. The summed E-state index contributed by atoms with van der Waals surface area (Å²) in [5.41, 5.74) is 2.16. The van der Waals surface area contributed by atoms with Crippen LogP contribution in [0.25, 0.3) is 0 Å². The zero-order chi connectivity index (χ0) is 22.0. The lowest BCUT2D eigenvalue weighted by Crippen LogP contribution is -2.52. The highest BCUT2D eigenvalue weighted by atomic mass is 79.9. The number of carbonyl (C=O) groups is 1. The van der Waals surface area contributed by atoms with Gasteiger partial charge >= 0.3 is 6.03 Å². The van der Waals surface area contributed by atoms with Crippen LogP contribution in [0.5, 0.6) is 11.5 Å². The van der Waals surface area contributed by atoms with E-state index in [1.807, 2.05) is 30.3 Å². The van der Waals surface area contributed by atoms with E-state index in [0.29, 0.717) is 6.04 Å². The van der Waals surface area contributed by atoms with Crippen LogP contribution >= 0.6 is 28.3 Å². The van der Waals surface area contributed by atoms with E-state index in [-0.39, 0.29) is 29.9 Å². The normalized spacial score (nSPS) is 24.8. The van der Waals surface area contributed by atoms with Gasteiger partial charge in [-0.3, -0.25) is 0 Å². The Morgan fingerprint density at radius 2 is 1.91 bits per heavy atom. The van der Waals surface area contributed by atoms with Crippen LogP contribution < -0.4 is 20.1 Å². The van der Waals surface area contributed by atoms with Gasteiger partial charge in [-0.1, -0.05) is 28.1 Å². The SMILES string of the molecule is COc1ccc(C23CCC(NC(=O)Nc4cccc(Br)c4)CC2N(C)CC3)cc1OC.Cl. The van der Waals surface area contributed by atoms with Crippen molar-refractivity contribution in [3.63, 3.8) is 0 Å². The van der Waals surface area contributed by atoms with Crippen molar-refractivity contribution >= 4 is 40.1 Å². The molecule has 3 atom stereocenters. The monoisotopic (exact) mass is 523 g/mol. The molecule has 0 radical (unpaired) electrons. The molecular weight excluding hydrogens is 494 g/mol. The van der Waals surface area contributed by atoms with Crippen LogP contribution in [0.3, 0.4) is 0 Å². The third-order valence-corrected chi connectivity index (χ3v) is 7.40. The third kappa shape index (κ3) is 4.85. The quantitative estimate of drug-likeness (QED) is 0.564. The molecule has 8 heteroatoms. The van der Waals surface area contributed by atoms with Gasteiger partial charge in [-0.2, -0.15) is 0 Å². The first-order valence-corrected chi connectivity index (χ1v) is 11.5. The van der Waals surface area contributed by atoms with E-state index in [1.54, 1.807) is 14.2 Å². The number of urea groups is 1. The third-order valence-electron chi connectivity index (χ3n) is 6.90. The number of benzene rings is 2. The van der Waals surface area contributed by atoms with E-state index in [2.05, 4.69) is 50.6 Å². The molecule has 1 saturated carbocycles. The largest absolute Gasteiger partial charge is 0.493 e. The first-order valence-electron chi connectivity index (χ1n) is 10.7. The van der Waals surface area contributed by atoms with Crippen molar-refractivity contribution < 1.29 is 14.3 Å². The van der Waals surface area contributed by atoms with Crippen LogP contribution in [-0.4, -0.2) is 50.8 Å². The summed E-state index contributed by atoms with van der Waals surface area (Å²) in [7, 11) is 5.54. The maximum Gasteiger partial charge on any atom is 0.319 e. The average Bonchev–Trinajstić information content (AvgIpc) is 3.10. The second-order valence-electron chi connectivity index (χ2n) is 8.55. The molecule has 0 aromatic heterocycles. The number of rotatable bonds is 5. The van der Waals surface area contributed by atoms with Crippen molar-refractivity contribution in [1.82, 2.24) is 10.2 Å². The molecule has 2 fully saturated rings. The summed E-state index contributed by atoms with van der Waals surface area (Å²) in [6.45, 7) is 1.05. The number of hydrogen-bond acceptors (Lipinski definition) is 4. The highest BCUT2D eigenvalue weighted by Gasteiger charge is 2.50. The molecule has 2 aromatic rings. The fourth-order valence-electron chi connectivity index (χ4n) is 5.31. The lowest BCUT2D eigenvalue weighted by Gasteiger charge is -2.45. The van der Waals surface area contributed by atoms with Gasteiger partial charge in [0.25, 0.3) is 0 Å². The predicted molar refractivity (Wildman–Crippen MR) is 133 cm³/mol. The first kappa shape index (κ1) is 24.7. The number of hydrogen-bond donors (Lipinski definition) is 2. The number of likely N-dealkylation sites (N-methyl/N-ethyl adjacent to an activating group) is 1. The molecule has 1 saturated heterocycles. The lowest BCUT2D eigenvalue weighted by atomic mass is 9.65. The lowest BCUT2D eigenvalue weighted by molar-refractivity contribution is 0.156. The molecule has 6 nitrogen and oxygen atoms in total. The predicted octanol–water partition coefficient (Wildman–Crippen LogP) is 5.20. The molecule has 3 unspecified atom stereocenters. The molecule has 0 bridgehead atoms. The minimum absolute atomic E-state index is 0. The van der Waals surface area contributed by atoms with Crippen LogP contribution in [0.2, 0.25) is 0 Å². The van der Waals surface area contributed by atoms with E-state index in [1.165, 1.54) is 5.56 Å². The molecule has 2 aliphatic rings. The minimum atomic E-state index is -0.151. The van der Waals surface area contributed by atoms with E-state index in [4.69, 9.17) is 9.47 Å². The fourth-order valence-corrected chi connectivity index (χ4v) is 5.71. The van der Waals surface area contributed by atoms with Crippen molar-refractivity contribution in [2.45, 2.75) is 43.2 Å². The molecule has 0 spiro atoms. The number of carbonyl (C=O) groups excluding carboxylic acids is 1. The van der Waals surface area contributed by atoms with E-state index in [9.17, 15) is 4.79 Å². The molecule has 4 rings (SSSR count). The Bertz CT molecular complexity index is 960. The Kier molecular flexibility index (Phi) is 7.96. The number of ether oxygens (including phenoxy) is 2. The van der Waals surface area contributed by atoms with Gasteiger partial charge in [0.1, 0.15) is 0 Å². The Morgan fingerprint density at radius 1 is 1.12 bits per heavy atom. The van der Waals surface area contributed by atoms with Crippen LogP contribution in [0.15, 0.2) is 46.9 Å². The molecule has 174 valence electrons. The number of anilines is 1. The molecular formula is C24H31BrClN3O3. The van der Waals surface area contributed by atoms with Crippen molar-refractivity contribution in [1.29, 1.82) is 0 Å². The number of nitrogens with zero attached hydrogens (tertiary/aromatic N) is 1. The molecule has 1 aliphatic heterocycles. The van der Waals surface area contributed by atoms with Crippen molar-refractivity contribution in [2.75, 3.05) is 33.1 Å². The van der Waals surface area contributed by atoms with Gasteiger partial charge in [-0.25, -0.2) is 4.79 Å². The summed E-state index contributed by atoms with van der Waals surface area (Å²) < 4.78 is 11.9. The van der Waals surface area contributed by atoms with Gasteiger partial charge in [-0.15, -0.1) is 12.4 Å². The second kappa shape index (κ2) is 10.3. The van der Waals surface area contributed by atoms with Crippen LogP contribution in [0, 0.1) is 0 Å². The van der Waals surface area contributed by atoms with Crippen LogP contribution in [0.1, 0.15) is 31.2 Å². The summed E-state index contributed by atoms with van der Waals surface area (Å²) in [6, 6.07) is 14.3. The molecule has 2 amide bonds. The Morgan fingerprint density at radius 3 is 2.62 bits per heavy atom. The summed E-state index contributed by atoms with van der Waals surface area (Å²) in [4.78, 5) is 15.0. The van der Waals surface area contributed by atoms with Gasteiger partial charge in [0.15, 0.2) is 11.5 Å². The number of amides is 2. The maximum atomic E-state index is 12.6. The van der Waals surface area contributed by atoms with E-state index in [0.717, 1.165) is 53.9 Å². The number of halogens is 2. The number of fused-ring (bicyclic) bond motifs is 1. The fraction of sp³-hybridized carbons (Fsp3) is 0.458. The van der Waals surface area contributed by atoms with Crippen LogP contribution in [0.4, 0.5) is 10.5 Å².